The minimum absolute atomic E-state index is 0.0889. The molecule has 53 heavy (non-hydrogen) atoms. The van der Waals surface area contributed by atoms with Gasteiger partial charge in [-0.25, -0.2) is 32.6 Å². The first kappa shape index (κ1) is 37.5. The van der Waals surface area contributed by atoms with E-state index in [4.69, 9.17) is 30.8 Å². The highest BCUT2D eigenvalue weighted by molar-refractivity contribution is 7.92. The monoisotopic (exact) mass is 762 g/mol. The molecule has 1 saturated heterocycles. The highest BCUT2D eigenvalue weighted by Crippen LogP contribution is 2.40. The molecule has 2 aromatic heterocycles. The summed E-state index contributed by atoms with van der Waals surface area (Å²) >= 11 is 6.20. The maximum absolute atomic E-state index is 15.4. The molecular formula is C38H40ClFN6O6S. The van der Waals surface area contributed by atoms with E-state index in [-0.39, 0.29) is 39.9 Å². The van der Waals surface area contributed by atoms with Gasteiger partial charge in [0.2, 0.25) is 21.9 Å². The molecule has 15 heteroatoms. The molecule has 0 spiro atoms. The van der Waals surface area contributed by atoms with Crippen molar-refractivity contribution in [1.82, 2.24) is 19.9 Å². The van der Waals surface area contributed by atoms with Crippen LogP contribution in [0.3, 0.4) is 0 Å². The first-order chi connectivity index (χ1) is 25.2. The number of nitrogens with one attached hydrogen (secondary N) is 2. The molecule has 12 nitrogen and oxygen atoms in total. The van der Waals surface area contributed by atoms with Crippen LogP contribution < -0.4 is 19.5 Å². The zero-order chi connectivity index (χ0) is 37.9. The van der Waals surface area contributed by atoms with E-state index in [9.17, 15) is 13.2 Å². The number of halogens is 2. The van der Waals surface area contributed by atoms with Crippen LogP contribution in [-0.4, -0.2) is 66.2 Å². The number of anilines is 2. The molecule has 1 fully saturated rings. The van der Waals surface area contributed by atoms with Crippen molar-refractivity contribution in [1.29, 1.82) is 0 Å². The van der Waals surface area contributed by atoms with Crippen molar-refractivity contribution in [2.75, 3.05) is 30.2 Å². The molecule has 5 aromatic rings. The SMILES string of the molecule is COc1c(Cl)cccc1CS(=O)(=O)Nc1c(F)ccc2c(Oc3ncccc3-c3ccnc(NC4CCCN(C(=O)OC(C)(C)C)C4)n3)c(C)ccc12. The van der Waals surface area contributed by atoms with Crippen LogP contribution in [0.2, 0.25) is 5.02 Å². The number of benzene rings is 3. The van der Waals surface area contributed by atoms with Gasteiger partial charge in [-0.1, -0.05) is 35.9 Å². The summed E-state index contributed by atoms with van der Waals surface area (Å²) in [6, 6.07) is 16.1. The highest BCUT2D eigenvalue weighted by atomic mass is 35.5. The number of carbonyl (C=O) groups is 1. The second-order valence-corrected chi connectivity index (χ2v) is 15.8. The lowest BCUT2D eigenvalue weighted by molar-refractivity contribution is 0.0206. The number of ether oxygens (including phenoxy) is 3. The zero-order valence-corrected chi connectivity index (χ0v) is 31.5. The Kier molecular flexibility index (Phi) is 10.9. The van der Waals surface area contributed by atoms with E-state index < -0.39 is 27.2 Å². The third-order valence-electron chi connectivity index (χ3n) is 8.46. The second kappa shape index (κ2) is 15.4. The predicted octanol–water partition coefficient (Wildman–Crippen LogP) is 8.35. The van der Waals surface area contributed by atoms with Gasteiger partial charge in [0.05, 0.1) is 34.8 Å². The molecule has 1 aliphatic rings. The van der Waals surface area contributed by atoms with Crippen molar-refractivity contribution in [3.63, 3.8) is 0 Å². The molecule has 3 aromatic carbocycles. The number of carbonyl (C=O) groups excluding carboxylic acids is 1. The van der Waals surface area contributed by atoms with Crippen molar-refractivity contribution in [3.05, 3.63) is 95.0 Å². The zero-order valence-electron chi connectivity index (χ0n) is 29.9. The number of amides is 1. The Hall–Kier alpha value is -5.21. The third-order valence-corrected chi connectivity index (χ3v) is 9.96. The van der Waals surface area contributed by atoms with Gasteiger partial charge in [0.25, 0.3) is 0 Å². The molecule has 1 atom stereocenters. The fourth-order valence-electron chi connectivity index (χ4n) is 6.10. The van der Waals surface area contributed by atoms with E-state index in [1.54, 1.807) is 59.8 Å². The number of pyridine rings is 1. The lowest BCUT2D eigenvalue weighted by Gasteiger charge is -2.34. The average molecular weight is 763 g/mol. The fourth-order valence-corrected chi connectivity index (χ4v) is 7.60. The van der Waals surface area contributed by atoms with E-state index in [1.165, 1.54) is 19.2 Å². The number of likely N-dealkylation sites (tertiary alicyclic amines) is 1. The number of sulfonamides is 1. The van der Waals surface area contributed by atoms with Crippen LogP contribution in [0.25, 0.3) is 22.0 Å². The lowest BCUT2D eigenvalue weighted by Crippen LogP contribution is -2.47. The summed E-state index contributed by atoms with van der Waals surface area (Å²) in [7, 11) is -2.74. The molecule has 278 valence electrons. The van der Waals surface area contributed by atoms with Crippen LogP contribution in [-0.2, 0) is 20.5 Å². The summed E-state index contributed by atoms with van der Waals surface area (Å²) in [5.74, 6) is -0.0892. The topological polar surface area (TPSA) is 145 Å². The molecule has 0 radical (unpaired) electrons. The molecule has 1 aliphatic heterocycles. The number of methoxy groups -OCH3 is 1. The van der Waals surface area contributed by atoms with Crippen LogP contribution in [0.5, 0.6) is 17.4 Å². The van der Waals surface area contributed by atoms with E-state index in [0.29, 0.717) is 52.6 Å². The Morgan fingerprint density at radius 2 is 1.81 bits per heavy atom. The summed E-state index contributed by atoms with van der Waals surface area (Å²) in [4.78, 5) is 28.1. The van der Waals surface area contributed by atoms with Gasteiger partial charge in [-0.3, -0.25) is 4.72 Å². The van der Waals surface area contributed by atoms with Gasteiger partial charge < -0.3 is 24.4 Å². The summed E-state index contributed by atoms with van der Waals surface area (Å²) in [5.41, 5.74) is 1.29. The van der Waals surface area contributed by atoms with Crippen molar-refractivity contribution < 1.29 is 31.8 Å². The van der Waals surface area contributed by atoms with Gasteiger partial charge in [0.15, 0.2) is 0 Å². The number of aryl methyl sites for hydroxylation is 1. The first-order valence-electron chi connectivity index (χ1n) is 17.0. The molecule has 2 N–H and O–H groups in total. The predicted molar refractivity (Wildman–Crippen MR) is 203 cm³/mol. The quantitative estimate of drug-likeness (QED) is 0.142. The van der Waals surface area contributed by atoms with E-state index in [0.717, 1.165) is 12.8 Å². The number of fused-ring (bicyclic) bond motifs is 1. The molecule has 0 bridgehead atoms. The summed E-state index contributed by atoms with van der Waals surface area (Å²) in [6.07, 6.45) is 4.47. The van der Waals surface area contributed by atoms with E-state index >= 15 is 4.39 Å². The molecule has 0 saturated carbocycles. The smallest absolute Gasteiger partial charge is 0.410 e. The molecule has 1 amide bonds. The standard InChI is InChI=1S/C38H40ClFN6O6S/c1-23-13-14-26-27(15-16-30(40)32(26)45-53(48,49)22-24-9-6-12-29(39)34(24)50-5)33(23)51-35-28(11-7-18-41-35)31-17-19-42-36(44-31)43-25-10-8-20-46(21-25)37(47)52-38(2,3)4/h6-7,9,11-19,25,45H,8,10,20-22H2,1-5H3,(H,42,43,44). The second-order valence-electron chi connectivity index (χ2n) is 13.7. The van der Waals surface area contributed by atoms with Gasteiger partial charge in [-0.15, -0.1) is 0 Å². The van der Waals surface area contributed by atoms with Crippen molar-refractivity contribution >= 4 is 50.1 Å². The van der Waals surface area contributed by atoms with Crippen molar-refractivity contribution in [2.24, 2.45) is 0 Å². The number of nitrogens with zero attached hydrogens (tertiary/aromatic N) is 4. The number of rotatable bonds is 10. The normalized spacial score (nSPS) is 14.8. The van der Waals surface area contributed by atoms with Gasteiger partial charge in [0, 0.05) is 47.9 Å². The average Bonchev–Trinajstić information content (AvgIpc) is 3.10. The van der Waals surface area contributed by atoms with Crippen molar-refractivity contribution in [3.8, 4) is 28.6 Å². The Morgan fingerprint density at radius 1 is 1.02 bits per heavy atom. The van der Waals surface area contributed by atoms with E-state index in [2.05, 4.69) is 20.0 Å². The fraction of sp³-hybridized carbons (Fsp3) is 0.316. The molecule has 6 rings (SSSR count). The number of aromatic nitrogens is 3. The Labute approximate surface area is 312 Å². The van der Waals surface area contributed by atoms with Crippen LogP contribution in [0.4, 0.5) is 20.8 Å². The summed E-state index contributed by atoms with van der Waals surface area (Å²) in [6.45, 7) is 8.39. The van der Waals surface area contributed by atoms with Gasteiger partial charge in [0.1, 0.15) is 22.9 Å². The Balaban J connectivity index is 1.26. The molecular weight excluding hydrogens is 723 g/mol. The van der Waals surface area contributed by atoms with Crippen LogP contribution in [0.15, 0.2) is 73.1 Å². The maximum atomic E-state index is 15.4. The van der Waals surface area contributed by atoms with Gasteiger partial charge >= 0.3 is 6.09 Å². The highest BCUT2D eigenvalue weighted by Gasteiger charge is 2.28. The number of hydrogen-bond donors (Lipinski definition) is 2. The molecule has 0 aliphatic carbocycles. The Bertz CT molecular complexity index is 2270. The number of para-hydroxylation sites is 1. The van der Waals surface area contributed by atoms with Crippen LogP contribution in [0, 0.1) is 12.7 Å². The number of piperidine rings is 1. The Morgan fingerprint density at radius 3 is 2.58 bits per heavy atom. The lowest BCUT2D eigenvalue weighted by atomic mass is 10.0. The van der Waals surface area contributed by atoms with Gasteiger partial charge in [-0.2, -0.15) is 0 Å². The summed E-state index contributed by atoms with van der Waals surface area (Å²) in [5, 5.41) is 4.35. The van der Waals surface area contributed by atoms with Crippen LogP contribution in [0.1, 0.15) is 44.7 Å². The largest absolute Gasteiger partial charge is 0.495 e. The van der Waals surface area contributed by atoms with Crippen molar-refractivity contribution in [2.45, 2.75) is 57.9 Å². The molecule has 1 unspecified atom stereocenters. The number of hydrogen-bond acceptors (Lipinski definition) is 10. The summed E-state index contributed by atoms with van der Waals surface area (Å²) < 4.78 is 61.9. The minimum atomic E-state index is -4.13. The van der Waals surface area contributed by atoms with E-state index in [1.807, 2.05) is 33.8 Å². The maximum Gasteiger partial charge on any atom is 0.410 e. The third kappa shape index (κ3) is 8.88. The van der Waals surface area contributed by atoms with Crippen LogP contribution >= 0.6 is 11.6 Å². The minimum Gasteiger partial charge on any atom is -0.495 e. The van der Waals surface area contributed by atoms with Gasteiger partial charge in [-0.05, 0) is 82.5 Å². The first-order valence-corrected chi connectivity index (χ1v) is 19.0. The molecule has 3 heterocycles.